The van der Waals surface area contributed by atoms with Crippen molar-refractivity contribution in [2.75, 3.05) is 0 Å². The van der Waals surface area contributed by atoms with Crippen molar-refractivity contribution in [1.29, 1.82) is 0 Å². The Morgan fingerprint density at radius 1 is 1.40 bits per heavy atom. The summed E-state index contributed by atoms with van der Waals surface area (Å²) in [5, 5.41) is 9.17. The van der Waals surface area contributed by atoms with Crippen LogP contribution in [0.1, 0.15) is 53.4 Å². The van der Waals surface area contributed by atoms with Crippen LogP contribution in [0.3, 0.4) is 0 Å². The molecule has 2 aliphatic carbocycles. The molecule has 0 aliphatic heterocycles. The van der Waals surface area contributed by atoms with Gasteiger partial charge in [0.05, 0.1) is 5.54 Å². The fourth-order valence-corrected chi connectivity index (χ4v) is 3.98. The van der Waals surface area contributed by atoms with E-state index in [4.69, 9.17) is 10.1 Å². The van der Waals surface area contributed by atoms with Crippen molar-refractivity contribution in [2.24, 2.45) is 22.7 Å². The van der Waals surface area contributed by atoms with E-state index in [0.29, 0.717) is 11.8 Å². The molecule has 1 fully saturated rings. The Hall–Kier alpha value is -0.960. The molecule has 0 aromatic carbocycles. The van der Waals surface area contributed by atoms with Gasteiger partial charge < -0.3 is 0 Å². The summed E-state index contributed by atoms with van der Waals surface area (Å²) >= 11 is 0. The lowest BCUT2D eigenvalue weighted by molar-refractivity contribution is -0.306. The van der Waals surface area contributed by atoms with Gasteiger partial charge in [0, 0.05) is 5.92 Å². The molecule has 0 heterocycles. The Balaban J connectivity index is 2.44. The number of hydrogen-bond donors (Lipinski definition) is 1. The lowest BCUT2D eigenvalue weighted by atomic mass is 9.59. The van der Waals surface area contributed by atoms with E-state index in [9.17, 15) is 4.79 Å². The normalized spacial score (nSPS) is 40.8. The van der Waals surface area contributed by atoms with Gasteiger partial charge >= 0.3 is 0 Å². The highest BCUT2D eigenvalue weighted by atomic mass is 17.1. The molecule has 0 spiro atoms. The molecule has 4 nitrogen and oxygen atoms in total. The van der Waals surface area contributed by atoms with Gasteiger partial charge in [-0.05, 0) is 51.4 Å². The van der Waals surface area contributed by atoms with E-state index in [1.54, 1.807) is 6.08 Å². The van der Waals surface area contributed by atoms with Crippen LogP contribution in [0.15, 0.2) is 16.6 Å². The number of isocyanates is 1. The quantitative estimate of drug-likeness (QED) is 0.281. The van der Waals surface area contributed by atoms with Gasteiger partial charge in [0.15, 0.2) is 0 Å². The van der Waals surface area contributed by atoms with Gasteiger partial charge in [-0.2, -0.15) is 4.99 Å². The maximum absolute atomic E-state index is 10.8. The molecule has 0 bridgehead atoms. The number of rotatable bonds is 3. The molecule has 1 saturated carbocycles. The van der Waals surface area contributed by atoms with Crippen molar-refractivity contribution >= 4 is 6.08 Å². The Labute approximate surface area is 120 Å². The van der Waals surface area contributed by atoms with Gasteiger partial charge in [-0.3, -0.25) is 5.26 Å². The summed E-state index contributed by atoms with van der Waals surface area (Å²) in [5.74, 6) is 1.27. The third kappa shape index (κ3) is 2.60. The monoisotopic (exact) mass is 279 g/mol. The summed E-state index contributed by atoms with van der Waals surface area (Å²) in [4.78, 5) is 19.6. The Kier molecular flexibility index (Phi) is 4.19. The Morgan fingerprint density at radius 2 is 2.10 bits per heavy atom. The van der Waals surface area contributed by atoms with Crippen LogP contribution in [0.2, 0.25) is 0 Å². The number of fused-ring (bicyclic) bond motifs is 1. The highest BCUT2D eigenvalue weighted by Crippen LogP contribution is 2.51. The van der Waals surface area contributed by atoms with Crippen LogP contribution < -0.4 is 0 Å². The first-order chi connectivity index (χ1) is 9.35. The molecule has 0 unspecified atom stereocenters. The zero-order valence-electron chi connectivity index (χ0n) is 12.8. The van der Waals surface area contributed by atoms with Gasteiger partial charge in [0.2, 0.25) is 6.08 Å². The number of hydrogen-bond acceptors (Lipinski definition) is 4. The first-order valence-electron chi connectivity index (χ1n) is 7.49. The van der Waals surface area contributed by atoms with Gasteiger partial charge in [0.25, 0.3) is 0 Å². The van der Waals surface area contributed by atoms with Crippen LogP contribution in [-0.4, -0.2) is 22.5 Å². The zero-order chi connectivity index (χ0) is 15.0. The van der Waals surface area contributed by atoms with Crippen molar-refractivity contribution in [3.63, 3.8) is 0 Å². The van der Waals surface area contributed by atoms with Gasteiger partial charge in [0.1, 0.15) is 5.60 Å². The Bertz CT molecular complexity index is 453. The second-order valence-electron chi connectivity index (χ2n) is 7.09. The van der Waals surface area contributed by atoms with Crippen molar-refractivity contribution in [2.45, 2.75) is 64.5 Å². The second kappa shape index (κ2) is 5.44. The van der Waals surface area contributed by atoms with E-state index in [1.807, 2.05) is 6.92 Å². The molecule has 0 radical (unpaired) electrons. The second-order valence-corrected chi connectivity index (χ2v) is 7.09. The fourth-order valence-electron chi connectivity index (χ4n) is 3.98. The predicted octanol–water partition coefficient (Wildman–Crippen LogP) is 3.73. The van der Waals surface area contributed by atoms with Crippen molar-refractivity contribution in [3.8, 4) is 0 Å². The molecule has 20 heavy (non-hydrogen) atoms. The average molecular weight is 279 g/mol. The number of carbonyl (C=O) groups excluding carboxylic acids is 1. The lowest BCUT2D eigenvalue weighted by Gasteiger charge is -2.48. The van der Waals surface area contributed by atoms with Crippen molar-refractivity contribution in [3.05, 3.63) is 11.6 Å². The standard InChI is InChI=1S/C16H25NO3/c1-11(2)12-5-8-16(4,17-10-18)14-6-7-15(3,20-19)9-13(12)14/h9,11-12,14,19H,5-8H2,1-4H3/t12-,14+,15-,16-/m0/s1. The van der Waals surface area contributed by atoms with E-state index >= 15 is 0 Å². The molecule has 0 aromatic rings. The molecule has 112 valence electrons. The first kappa shape index (κ1) is 15.4. The van der Waals surface area contributed by atoms with Gasteiger partial charge in [-0.25, -0.2) is 9.68 Å². The first-order valence-corrected chi connectivity index (χ1v) is 7.49. The summed E-state index contributed by atoms with van der Waals surface area (Å²) in [6.07, 6.45) is 7.39. The topological polar surface area (TPSA) is 58.9 Å². The maximum Gasteiger partial charge on any atom is 0.235 e. The molecule has 2 rings (SSSR count). The third-order valence-electron chi connectivity index (χ3n) is 5.26. The van der Waals surface area contributed by atoms with E-state index in [0.717, 1.165) is 25.7 Å². The highest BCUT2D eigenvalue weighted by molar-refractivity contribution is 5.37. The van der Waals surface area contributed by atoms with E-state index in [1.165, 1.54) is 5.57 Å². The largest absolute Gasteiger partial charge is 0.251 e. The summed E-state index contributed by atoms with van der Waals surface area (Å²) in [5.41, 5.74) is 0.341. The molecule has 4 atom stereocenters. The van der Waals surface area contributed by atoms with E-state index in [2.05, 4.69) is 31.8 Å². The number of nitrogens with zero attached hydrogens (tertiary/aromatic N) is 1. The molecule has 0 saturated heterocycles. The summed E-state index contributed by atoms with van der Waals surface area (Å²) in [6.45, 7) is 8.40. The number of aliphatic imine (C=N–C) groups is 1. The lowest BCUT2D eigenvalue weighted by Crippen LogP contribution is -2.46. The molecule has 4 heteroatoms. The third-order valence-corrected chi connectivity index (χ3v) is 5.26. The van der Waals surface area contributed by atoms with Crippen LogP contribution in [0.4, 0.5) is 0 Å². The summed E-state index contributed by atoms with van der Waals surface area (Å²) in [6, 6.07) is 0. The highest BCUT2D eigenvalue weighted by Gasteiger charge is 2.47. The maximum atomic E-state index is 10.8. The summed E-state index contributed by atoms with van der Waals surface area (Å²) in [7, 11) is 0. The van der Waals surface area contributed by atoms with Gasteiger partial charge in [-0.15, -0.1) is 0 Å². The van der Waals surface area contributed by atoms with Crippen LogP contribution in [0.5, 0.6) is 0 Å². The summed E-state index contributed by atoms with van der Waals surface area (Å²) < 4.78 is 0. The van der Waals surface area contributed by atoms with Crippen LogP contribution in [0, 0.1) is 17.8 Å². The SMILES string of the molecule is CC(C)[C@@H]1CC[C@](C)(N=C=O)[C@@H]2CC[C@](C)(OO)C=C12. The van der Waals surface area contributed by atoms with E-state index < -0.39 is 5.60 Å². The van der Waals surface area contributed by atoms with Crippen molar-refractivity contribution < 1.29 is 14.9 Å². The molecule has 0 amide bonds. The van der Waals surface area contributed by atoms with Crippen LogP contribution in [0.25, 0.3) is 0 Å². The Morgan fingerprint density at radius 3 is 2.65 bits per heavy atom. The molecular formula is C16H25NO3. The van der Waals surface area contributed by atoms with Crippen LogP contribution >= 0.6 is 0 Å². The van der Waals surface area contributed by atoms with Crippen LogP contribution in [-0.2, 0) is 9.68 Å². The minimum atomic E-state index is -0.609. The van der Waals surface area contributed by atoms with Gasteiger partial charge in [-0.1, -0.05) is 25.5 Å². The molecule has 0 aromatic heterocycles. The molecule has 1 N–H and O–H groups in total. The smallest absolute Gasteiger partial charge is 0.235 e. The van der Waals surface area contributed by atoms with Crippen molar-refractivity contribution in [1.82, 2.24) is 0 Å². The predicted molar refractivity (Wildman–Crippen MR) is 77.0 cm³/mol. The molecular weight excluding hydrogens is 254 g/mol. The minimum Gasteiger partial charge on any atom is -0.251 e. The fraction of sp³-hybridized carbons (Fsp3) is 0.812. The van der Waals surface area contributed by atoms with E-state index in [-0.39, 0.29) is 11.5 Å². The average Bonchev–Trinajstić information content (AvgIpc) is 2.38. The minimum absolute atomic E-state index is 0.258. The molecule has 2 aliphatic rings. The zero-order valence-corrected chi connectivity index (χ0v) is 12.8.